The zero-order valence-corrected chi connectivity index (χ0v) is 28.7. The van der Waals surface area contributed by atoms with E-state index in [0.717, 1.165) is 12.7 Å². The monoisotopic (exact) mass is 951 g/mol. The number of carboxylic acids is 1. The van der Waals surface area contributed by atoms with Crippen LogP contribution in [0.2, 0.25) is 0 Å². The summed E-state index contributed by atoms with van der Waals surface area (Å²) >= 11 is 8.33. The number of benzene rings is 2. The average molecular weight is 951 g/mol. The largest absolute Gasteiger partial charge is 0.506 e. The quantitative estimate of drug-likeness (QED) is 0.231. The van der Waals surface area contributed by atoms with Gasteiger partial charge in [0, 0.05) is 19.0 Å². The highest BCUT2D eigenvalue weighted by Gasteiger charge is 2.25. The van der Waals surface area contributed by atoms with Gasteiger partial charge in [0.15, 0.2) is 5.75 Å². The van der Waals surface area contributed by atoms with Crippen LogP contribution in [-0.2, 0) is 16.0 Å². The first-order chi connectivity index (χ1) is 16.5. The van der Waals surface area contributed by atoms with Crippen molar-refractivity contribution in [2.24, 2.45) is 11.5 Å². The zero-order valence-electron chi connectivity index (χ0n) is 20.1. The molecule has 7 N–H and O–H groups in total. The summed E-state index contributed by atoms with van der Waals surface area (Å²) in [6.45, 7) is 7.59. The van der Waals surface area contributed by atoms with Gasteiger partial charge in [0.05, 0.1) is 14.3 Å². The van der Waals surface area contributed by atoms with Gasteiger partial charge in [-0.1, -0.05) is 0 Å². The van der Waals surface area contributed by atoms with Gasteiger partial charge in [-0.05, 0) is 148 Å². The van der Waals surface area contributed by atoms with Crippen LogP contribution >= 0.6 is 90.4 Å². The molecule has 0 aliphatic rings. The number of hydrogen-bond acceptors (Lipinski definition) is 7. The molecule has 0 bridgehead atoms. The van der Waals surface area contributed by atoms with E-state index in [4.69, 9.17) is 20.9 Å². The van der Waals surface area contributed by atoms with Crippen molar-refractivity contribution in [3.63, 3.8) is 0 Å². The first-order valence-electron chi connectivity index (χ1n) is 10.6. The maximum atomic E-state index is 12.0. The number of nitrogens with two attached hydrogens (primary N) is 2. The van der Waals surface area contributed by atoms with Gasteiger partial charge in [-0.25, -0.2) is 9.59 Å². The molecule has 1 unspecified atom stereocenters. The van der Waals surface area contributed by atoms with Crippen LogP contribution < -0.4 is 21.5 Å². The van der Waals surface area contributed by atoms with Crippen LogP contribution in [0, 0.1) is 14.3 Å². The number of carbonyl (C=O) groups is 2. The molecule has 0 spiro atoms. The lowest BCUT2D eigenvalue weighted by atomic mass is 10.1. The van der Waals surface area contributed by atoms with E-state index in [1.165, 1.54) is 0 Å². The third kappa shape index (κ3) is 12.0. The van der Waals surface area contributed by atoms with Crippen LogP contribution in [-0.4, -0.2) is 46.5 Å². The number of carboxylic acid groups (broad SMARTS) is 1. The van der Waals surface area contributed by atoms with Gasteiger partial charge in [-0.15, -0.1) is 0 Å². The van der Waals surface area contributed by atoms with Crippen LogP contribution in [0.1, 0.15) is 33.3 Å². The summed E-state index contributed by atoms with van der Waals surface area (Å²) in [5, 5.41) is 21.9. The minimum absolute atomic E-state index is 0.0931. The third-order valence-corrected chi connectivity index (χ3v) is 7.32. The minimum atomic E-state index is -1.15. The molecule has 0 aromatic heterocycles. The highest BCUT2D eigenvalue weighted by molar-refractivity contribution is 14.1. The second-order valence-corrected chi connectivity index (χ2v) is 13.3. The summed E-state index contributed by atoms with van der Waals surface area (Å²) in [6.07, 6.45) is -0.684. The highest BCUT2D eigenvalue weighted by atomic mass is 127. The first kappa shape index (κ1) is 33.6. The van der Waals surface area contributed by atoms with Gasteiger partial charge < -0.3 is 36.5 Å². The Morgan fingerprint density at radius 1 is 1.03 bits per heavy atom. The number of carbonyl (C=O) groups excluding carboxylic acids is 1. The Morgan fingerprint density at radius 2 is 1.50 bits per heavy atom. The van der Waals surface area contributed by atoms with E-state index in [1.54, 1.807) is 32.9 Å². The summed E-state index contributed by atoms with van der Waals surface area (Å²) in [4.78, 5) is 23.6. The lowest BCUT2D eigenvalue weighted by Crippen LogP contribution is -2.44. The Kier molecular flexibility index (Phi) is 14.3. The standard InChI is InChI=1S/C20H19I4NO6.C3H10N2/c1-20(2,3)31-19(29)25-15(18(27)28)6-9-4-13(23)17(14(24)5-9)30-10-7-11(21)16(26)12(22)8-10;1-3(5)2-4/h4-5,7-8,15,26H,6H2,1-3H3,(H,25,29)(H,27,28);3H,2,4-5H2,1H3/t15-;/m1./s1. The molecule has 0 saturated heterocycles. The smallest absolute Gasteiger partial charge is 0.408 e. The fourth-order valence-electron chi connectivity index (χ4n) is 2.43. The SMILES string of the molecule is CC(C)(C)OC(=O)N[C@H](Cc1cc(I)c(Oc2cc(I)c(O)c(I)c2)c(I)c1)C(=O)O.CC(N)CN. The molecule has 36 heavy (non-hydrogen) atoms. The maximum Gasteiger partial charge on any atom is 0.408 e. The van der Waals surface area contributed by atoms with E-state index in [2.05, 4.69) is 50.5 Å². The fourth-order valence-corrected chi connectivity index (χ4v) is 6.26. The van der Waals surface area contributed by atoms with Gasteiger partial charge in [-0.2, -0.15) is 0 Å². The van der Waals surface area contributed by atoms with Crippen molar-refractivity contribution in [1.29, 1.82) is 0 Å². The second kappa shape index (κ2) is 15.3. The van der Waals surface area contributed by atoms with E-state index in [9.17, 15) is 19.8 Å². The van der Waals surface area contributed by atoms with E-state index < -0.39 is 23.7 Å². The number of aliphatic carboxylic acids is 1. The van der Waals surface area contributed by atoms with Crippen molar-refractivity contribution in [1.82, 2.24) is 5.32 Å². The first-order valence-corrected chi connectivity index (χ1v) is 14.9. The number of phenols is 1. The fraction of sp³-hybridized carbons (Fsp3) is 0.391. The Labute approximate surface area is 265 Å². The topological polar surface area (TPSA) is 157 Å². The molecule has 2 aromatic rings. The predicted octanol–water partition coefficient (Wildman–Crippen LogP) is 5.42. The number of ether oxygens (including phenoxy) is 2. The molecule has 2 aromatic carbocycles. The van der Waals surface area contributed by atoms with Crippen molar-refractivity contribution in [3.8, 4) is 17.2 Å². The molecule has 200 valence electrons. The Balaban J connectivity index is 0.00000118. The molecule has 0 aliphatic heterocycles. The second-order valence-electron chi connectivity index (χ2n) is 8.68. The number of halogens is 4. The van der Waals surface area contributed by atoms with Crippen LogP contribution in [0.3, 0.4) is 0 Å². The Bertz CT molecular complexity index is 1030. The number of aromatic hydroxyl groups is 1. The van der Waals surface area contributed by atoms with E-state index >= 15 is 0 Å². The van der Waals surface area contributed by atoms with Crippen molar-refractivity contribution in [2.45, 2.75) is 51.8 Å². The average Bonchev–Trinajstić information content (AvgIpc) is 2.73. The van der Waals surface area contributed by atoms with Crippen LogP contribution in [0.5, 0.6) is 17.2 Å². The van der Waals surface area contributed by atoms with E-state index in [0.29, 0.717) is 25.2 Å². The molecule has 0 radical (unpaired) electrons. The predicted molar refractivity (Wildman–Crippen MR) is 173 cm³/mol. The van der Waals surface area contributed by atoms with Gasteiger partial charge in [0.25, 0.3) is 0 Å². The molecule has 0 fully saturated rings. The Morgan fingerprint density at radius 3 is 1.89 bits per heavy atom. The highest BCUT2D eigenvalue weighted by Crippen LogP contribution is 2.37. The van der Waals surface area contributed by atoms with Crippen LogP contribution in [0.25, 0.3) is 0 Å². The number of amides is 1. The van der Waals surface area contributed by atoms with Gasteiger partial charge >= 0.3 is 12.1 Å². The molecule has 0 heterocycles. The van der Waals surface area contributed by atoms with Gasteiger partial charge in [0.2, 0.25) is 0 Å². The molecule has 1 amide bonds. The van der Waals surface area contributed by atoms with Crippen LogP contribution in [0.15, 0.2) is 24.3 Å². The maximum absolute atomic E-state index is 12.0. The lowest BCUT2D eigenvalue weighted by Gasteiger charge is -2.22. The normalized spacial score (nSPS) is 12.6. The van der Waals surface area contributed by atoms with E-state index in [-0.39, 0.29) is 18.2 Å². The molecule has 2 atom stereocenters. The summed E-state index contributed by atoms with van der Waals surface area (Å²) in [6, 6.07) is 6.15. The number of phenolic OH excluding ortho intramolecular Hbond substituents is 1. The summed E-state index contributed by atoms with van der Waals surface area (Å²) in [7, 11) is 0. The van der Waals surface area contributed by atoms with Gasteiger partial charge in [0.1, 0.15) is 23.1 Å². The number of rotatable bonds is 7. The van der Waals surface area contributed by atoms with Crippen molar-refractivity contribution in [2.75, 3.05) is 6.54 Å². The van der Waals surface area contributed by atoms with Crippen LogP contribution in [0.4, 0.5) is 4.79 Å². The molecule has 0 aliphatic carbocycles. The van der Waals surface area contributed by atoms with Crippen molar-refractivity contribution >= 4 is 102 Å². The van der Waals surface area contributed by atoms with Gasteiger partial charge in [-0.3, -0.25) is 0 Å². The van der Waals surface area contributed by atoms with Crippen molar-refractivity contribution < 1.29 is 29.3 Å². The third-order valence-electron chi connectivity index (χ3n) is 4.07. The Hall–Kier alpha value is -0.380. The molecule has 2 rings (SSSR count). The molecular formula is C23H29I4N3O6. The summed E-state index contributed by atoms with van der Waals surface area (Å²) in [5.41, 5.74) is 10.2. The molecule has 0 saturated carbocycles. The number of nitrogens with one attached hydrogen (secondary N) is 1. The summed E-state index contributed by atoms with van der Waals surface area (Å²) < 4.78 is 14.1. The molecular weight excluding hydrogens is 922 g/mol. The zero-order chi connectivity index (χ0) is 27.8. The summed E-state index contributed by atoms with van der Waals surface area (Å²) in [5.74, 6) is 0.286. The number of alkyl carbamates (subject to hydrolysis) is 1. The lowest BCUT2D eigenvalue weighted by molar-refractivity contribution is -0.139. The molecule has 9 nitrogen and oxygen atoms in total. The number of hydrogen-bond donors (Lipinski definition) is 5. The van der Waals surface area contributed by atoms with Crippen molar-refractivity contribution in [3.05, 3.63) is 44.1 Å². The van der Waals surface area contributed by atoms with E-state index in [1.807, 2.05) is 64.2 Å². The molecule has 13 heteroatoms. The minimum Gasteiger partial charge on any atom is -0.506 e.